The summed E-state index contributed by atoms with van der Waals surface area (Å²) in [4.78, 5) is 8.29. The van der Waals surface area contributed by atoms with Crippen LogP contribution in [-0.4, -0.2) is 17.1 Å². The standard InChI is InChI=1S/C10H11N3O/c1-14-10-8(5-11)4-7-2-3-12-6-9(7)13-10/h2-4,6H,5,11H2,1H3. The topological polar surface area (TPSA) is 61.0 Å². The molecule has 0 unspecified atom stereocenters. The van der Waals surface area contributed by atoms with Crippen molar-refractivity contribution in [3.8, 4) is 5.88 Å². The van der Waals surface area contributed by atoms with E-state index in [2.05, 4.69) is 9.97 Å². The van der Waals surface area contributed by atoms with Crippen LogP contribution in [0.3, 0.4) is 0 Å². The number of fused-ring (bicyclic) bond motifs is 1. The monoisotopic (exact) mass is 189 g/mol. The second-order valence-electron chi connectivity index (χ2n) is 2.93. The first-order valence-electron chi connectivity index (χ1n) is 4.33. The highest BCUT2D eigenvalue weighted by Gasteiger charge is 2.04. The van der Waals surface area contributed by atoms with Crippen LogP contribution in [0, 0.1) is 0 Å². The van der Waals surface area contributed by atoms with Crippen LogP contribution in [0.4, 0.5) is 0 Å². The lowest BCUT2D eigenvalue weighted by Gasteiger charge is -2.06. The maximum Gasteiger partial charge on any atom is 0.218 e. The van der Waals surface area contributed by atoms with Crippen molar-refractivity contribution in [1.82, 2.24) is 9.97 Å². The average Bonchev–Trinajstić information content (AvgIpc) is 2.27. The van der Waals surface area contributed by atoms with E-state index in [1.165, 1.54) is 0 Å². The molecule has 2 aromatic heterocycles. The lowest BCUT2D eigenvalue weighted by Crippen LogP contribution is -2.01. The van der Waals surface area contributed by atoms with Crippen molar-refractivity contribution in [2.75, 3.05) is 7.11 Å². The van der Waals surface area contributed by atoms with E-state index in [0.29, 0.717) is 12.4 Å². The molecule has 0 amide bonds. The molecule has 0 aliphatic carbocycles. The molecule has 0 fully saturated rings. The lowest BCUT2D eigenvalue weighted by atomic mass is 10.2. The minimum Gasteiger partial charge on any atom is -0.481 e. The summed E-state index contributed by atoms with van der Waals surface area (Å²) in [6.45, 7) is 0.425. The summed E-state index contributed by atoms with van der Waals surface area (Å²) in [5.74, 6) is 0.577. The van der Waals surface area contributed by atoms with E-state index in [0.717, 1.165) is 16.5 Å². The number of aromatic nitrogens is 2. The molecule has 0 aliphatic heterocycles. The van der Waals surface area contributed by atoms with Crippen LogP contribution in [0.1, 0.15) is 5.56 Å². The van der Waals surface area contributed by atoms with E-state index in [-0.39, 0.29) is 0 Å². The number of nitrogens with zero attached hydrogens (tertiary/aromatic N) is 2. The maximum absolute atomic E-state index is 5.58. The summed E-state index contributed by atoms with van der Waals surface area (Å²) in [6.07, 6.45) is 3.44. The van der Waals surface area contributed by atoms with Gasteiger partial charge >= 0.3 is 0 Å². The number of nitrogens with two attached hydrogens (primary N) is 1. The number of ether oxygens (including phenoxy) is 1. The maximum atomic E-state index is 5.58. The van der Waals surface area contributed by atoms with E-state index in [1.807, 2.05) is 12.1 Å². The molecule has 0 aromatic carbocycles. The first-order chi connectivity index (χ1) is 6.85. The Kier molecular flexibility index (Phi) is 2.28. The van der Waals surface area contributed by atoms with Gasteiger partial charge in [0.05, 0.1) is 18.8 Å². The van der Waals surface area contributed by atoms with Gasteiger partial charge in [-0.15, -0.1) is 0 Å². The molecule has 4 heteroatoms. The number of pyridine rings is 2. The summed E-state index contributed by atoms with van der Waals surface area (Å²) >= 11 is 0. The van der Waals surface area contributed by atoms with Gasteiger partial charge in [-0.05, 0) is 12.1 Å². The van der Waals surface area contributed by atoms with E-state index < -0.39 is 0 Å². The van der Waals surface area contributed by atoms with Gasteiger partial charge in [-0.3, -0.25) is 4.98 Å². The predicted octanol–water partition coefficient (Wildman–Crippen LogP) is 1.10. The Morgan fingerprint density at radius 1 is 1.50 bits per heavy atom. The van der Waals surface area contributed by atoms with Gasteiger partial charge in [0.1, 0.15) is 0 Å². The van der Waals surface area contributed by atoms with Crippen molar-refractivity contribution in [3.63, 3.8) is 0 Å². The number of hydrogen-bond acceptors (Lipinski definition) is 4. The third-order valence-corrected chi connectivity index (χ3v) is 2.07. The zero-order valence-electron chi connectivity index (χ0n) is 7.90. The van der Waals surface area contributed by atoms with Crippen molar-refractivity contribution < 1.29 is 4.74 Å². The van der Waals surface area contributed by atoms with E-state index in [4.69, 9.17) is 10.5 Å². The molecule has 0 saturated heterocycles. The van der Waals surface area contributed by atoms with Crippen molar-refractivity contribution in [3.05, 3.63) is 30.1 Å². The normalized spacial score (nSPS) is 10.4. The molecular formula is C10H11N3O. The first kappa shape index (κ1) is 8.90. The van der Waals surface area contributed by atoms with Crippen LogP contribution in [0.15, 0.2) is 24.5 Å². The highest BCUT2D eigenvalue weighted by molar-refractivity contribution is 5.78. The Bertz CT molecular complexity index is 414. The zero-order valence-corrected chi connectivity index (χ0v) is 7.90. The summed E-state index contributed by atoms with van der Waals surface area (Å²) < 4.78 is 5.13. The fourth-order valence-corrected chi connectivity index (χ4v) is 1.37. The number of methoxy groups -OCH3 is 1. The summed E-state index contributed by atoms with van der Waals surface area (Å²) in [6, 6.07) is 3.88. The third-order valence-electron chi connectivity index (χ3n) is 2.07. The molecule has 0 radical (unpaired) electrons. The van der Waals surface area contributed by atoms with Gasteiger partial charge in [-0.25, -0.2) is 4.98 Å². The largest absolute Gasteiger partial charge is 0.481 e. The smallest absolute Gasteiger partial charge is 0.218 e. The molecule has 0 spiro atoms. The molecule has 0 bridgehead atoms. The molecule has 0 aliphatic rings. The van der Waals surface area contributed by atoms with Gasteiger partial charge < -0.3 is 10.5 Å². The van der Waals surface area contributed by atoms with Crippen molar-refractivity contribution in [2.45, 2.75) is 6.54 Å². The van der Waals surface area contributed by atoms with Crippen LogP contribution < -0.4 is 10.5 Å². The third kappa shape index (κ3) is 1.40. The second-order valence-corrected chi connectivity index (χ2v) is 2.93. The van der Waals surface area contributed by atoms with Crippen molar-refractivity contribution >= 4 is 10.9 Å². The van der Waals surface area contributed by atoms with Gasteiger partial charge in [-0.1, -0.05) is 0 Å². The van der Waals surface area contributed by atoms with Gasteiger partial charge in [0.2, 0.25) is 5.88 Å². The van der Waals surface area contributed by atoms with Crippen molar-refractivity contribution in [2.24, 2.45) is 5.73 Å². The average molecular weight is 189 g/mol. The molecule has 2 aromatic rings. The molecule has 2 rings (SSSR count). The van der Waals surface area contributed by atoms with Crippen molar-refractivity contribution in [1.29, 1.82) is 0 Å². The van der Waals surface area contributed by atoms with Crippen LogP contribution >= 0.6 is 0 Å². The Hall–Kier alpha value is -1.68. The predicted molar refractivity (Wildman–Crippen MR) is 54.0 cm³/mol. The minimum atomic E-state index is 0.425. The molecule has 14 heavy (non-hydrogen) atoms. The SMILES string of the molecule is COc1nc2cnccc2cc1CN. The summed E-state index contributed by atoms with van der Waals surface area (Å²) in [5, 5.41) is 1.03. The molecule has 2 N–H and O–H groups in total. The van der Waals surface area contributed by atoms with E-state index in [9.17, 15) is 0 Å². The second kappa shape index (κ2) is 3.59. The fraction of sp³-hybridized carbons (Fsp3) is 0.200. The quantitative estimate of drug-likeness (QED) is 0.768. The Morgan fingerprint density at radius 2 is 2.36 bits per heavy atom. The van der Waals surface area contributed by atoms with Crippen LogP contribution in [0.2, 0.25) is 0 Å². The summed E-state index contributed by atoms with van der Waals surface area (Å²) in [7, 11) is 1.59. The Morgan fingerprint density at radius 3 is 3.07 bits per heavy atom. The van der Waals surface area contributed by atoms with Gasteiger partial charge in [0, 0.05) is 23.7 Å². The lowest BCUT2D eigenvalue weighted by molar-refractivity contribution is 0.394. The molecule has 0 saturated carbocycles. The van der Waals surface area contributed by atoms with Crippen LogP contribution in [0.5, 0.6) is 5.88 Å². The molecule has 0 atom stereocenters. The Balaban J connectivity index is 2.69. The van der Waals surface area contributed by atoms with Gasteiger partial charge in [-0.2, -0.15) is 0 Å². The number of hydrogen-bond donors (Lipinski definition) is 1. The van der Waals surface area contributed by atoms with E-state index in [1.54, 1.807) is 19.5 Å². The van der Waals surface area contributed by atoms with Crippen LogP contribution in [0.25, 0.3) is 10.9 Å². The highest BCUT2D eigenvalue weighted by Crippen LogP contribution is 2.20. The highest BCUT2D eigenvalue weighted by atomic mass is 16.5. The van der Waals surface area contributed by atoms with Crippen LogP contribution in [-0.2, 0) is 6.54 Å². The molecule has 4 nitrogen and oxygen atoms in total. The first-order valence-corrected chi connectivity index (χ1v) is 4.33. The summed E-state index contributed by atoms with van der Waals surface area (Å²) in [5.41, 5.74) is 7.31. The van der Waals surface area contributed by atoms with Gasteiger partial charge in [0.25, 0.3) is 0 Å². The minimum absolute atomic E-state index is 0.425. The molecule has 72 valence electrons. The van der Waals surface area contributed by atoms with E-state index >= 15 is 0 Å². The molecular weight excluding hydrogens is 178 g/mol. The van der Waals surface area contributed by atoms with Gasteiger partial charge in [0.15, 0.2) is 0 Å². The fourth-order valence-electron chi connectivity index (χ4n) is 1.37. The molecule has 2 heterocycles. The zero-order chi connectivity index (χ0) is 9.97. The number of rotatable bonds is 2. The Labute approximate surface area is 81.7 Å².